The second-order valence-electron chi connectivity index (χ2n) is 7.28. The number of likely N-dealkylation sites (tertiary alicyclic amines) is 1. The molecule has 0 atom stereocenters. The predicted molar refractivity (Wildman–Crippen MR) is 117 cm³/mol. The van der Waals surface area contributed by atoms with Crippen LogP contribution in [0.2, 0.25) is 0 Å². The van der Waals surface area contributed by atoms with Gasteiger partial charge < -0.3 is 15.4 Å². The van der Waals surface area contributed by atoms with E-state index in [1.54, 1.807) is 35.2 Å². The maximum Gasteiger partial charge on any atom is 0.276 e. The Hall–Kier alpha value is -3.47. The Morgan fingerprint density at radius 1 is 1.16 bits per heavy atom. The van der Waals surface area contributed by atoms with Crippen molar-refractivity contribution in [3.8, 4) is 11.4 Å². The molecule has 0 aliphatic carbocycles. The Kier molecular flexibility index (Phi) is 6.64. The van der Waals surface area contributed by atoms with Crippen LogP contribution in [0.5, 0.6) is 5.75 Å². The minimum Gasteiger partial charge on any atom is -0.497 e. The summed E-state index contributed by atoms with van der Waals surface area (Å²) >= 11 is 1.40. The average molecular weight is 454 g/mol. The van der Waals surface area contributed by atoms with Crippen molar-refractivity contribution in [2.75, 3.05) is 20.2 Å². The molecule has 0 bridgehead atoms. The molecule has 1 aliphatic rings. The summed E-state index contributed by atoms with van der Waals surface area (Å²) in [6, 6.07) is 9.10. The van der Waals surface area contributed by atoms with Crippen LogP contribution in [-0.2, 0) is 10.5 Å². The first-order valence-corrected chi connectivity index (χ1v) is 11.1. The van der Waals surface area contributed by atoms with E-state index in [4.69, 9.17) is 10.5 Å². The van der Waals surface area contributed by atoms with E-state index < -0.39 is 0 Å². The normalized spacial score (nSPS) is 14.3. The minimum absolute atomic E-state index is 0.195. The number of carbonyl (C=O) groups excluding carboxylic acids is 2. The quantitative estimate of drug-likeness (QED) is 0.423. The Labute approximate surface area is 189 Å². The number of carbonyl (C=O) groups is 2. The number of methoxy groups -OCH3 is 1. The first kappa shape index (κ1) is 21.8. The Balaban J connectivity index is 1.61. The van der Waals surface area contributed by atoms with Gasteiger partial charge in [0, 0.05) is 37.2 Å². The number of benzene rings is 1. The summed E-state index contributed by atoms with van der Waals surface area (Å²) in [5, 5.41) is 9.08. The number of ether oxygens (including phenoxy) is 1. The summed E-state index contributed by atoms with van der Waals surface area (Å²) < 4.78 is 6.88. The van der Waals surface area contributed by atoms with Crippen molar-refractivity contribution in [1.29, 1.82) is 0 Å². The van der Waals surface area contributed by atoms with Gasteiger partial charge in [-0.3, -0.25) is 9.59 Å². The zero-order valence-electron chi connectivity index (χ0n) is 17.5. The van der Waals surface area contributed by atoms with Crippen molar-refractivity contribution < 1.29 is 14.3 Å². The van der Waals surface area contributed by atoms with Crippen LogP contribution in [0.15, 0.2) is 47.9 Å². The summed E-state index contributed by atoms with van der Waals surface area (Å²) in [4.78, 5) is 34.9. The van der Waals surface area contributed by atoms with Gasteiger partial charge in [0.05, 0.1) is 18.5 Å². The third-order valence-corrected chi connectivity index (χ3v) is 6.23. The van der Waals surface area contributed by atoms with Crippen LogP contribution < -0.4 is 10.5 Å². The lowest BCUT2D eigenvalue weighted by Crippen LogP contribution is -2.42. The van der Waals surface area contributed by atoms with Gasteiger partial charge in [-0.25, -0.2) is 14.6 Å². The summed E-state index contributed by atoms with van der Waals surface area (Å²) in [5.41, 5.74) is 7.10. The van der Waals surface area contributed by atoms with Crippen LogP contribution in [-0.4, -0.2) is 61.9 Å². The van der Waals surface area contributed by atoms with E-state index in [0.717, 1.165) is 11.4 Å². The third-order valence-electron chi connectivity index (χ3n) is 5.35. The topological polar surface area (TPSA) is 129 Å². The molecular weight excluding hydrogens is 430 g/mol. The lowest BCUT2D eigenvalue weighted by atomic mass is 9.96. The molecule has 0 spiro atoms. The monoisotopic (exact) mass is 453 g/mol. The zero-order valence-corrected chi connectivity index (χ0v) is 18.4. The number of aromatic nitrogens is 5. The molecule has 1 aromatic carbocycles. The first-order valence-electron chi connectivity index (χ1n) is 10.1. The Morgan fingerprint density at radius 3 is 2.47 bits per heavy atom. The smallest absolute Gasteiger partial charge is 0.276 e. The maximum atomic E-state index is 13.3. The molecule has 4 rings (SSSR count). The summed E-state index contributed by atoms with van der Waals surface area (Å²) in [6.45, 7) is 0.909. The van der Waals surface area contributed by atoms with Gasteiger partial charge in [-0.2, -0.15) is 0 Å². The van der Waals surface area contributed by atoms with Crippen molar-refractivity contribution in [3.63, 3.8) is 0 Å². The lowest BCUT2D eigenvalue weighted by Gasteiger charge is -2.30. The number of primary amides is 1. The van der Waals surface area contributed by atoms with E-state index in [0.29, 0.717) is 42.5 Å². The standard InChI is InChI=1S/C21H23N7O3S/c1-31-16-5-3-15(4-6-16)28-17(13-32-21-23-9-2-10-24-21)18(25-26-28)20(30)27-11-7-14(8-12-27)19(22)29/h2-6,9-10,14H,7-8,11-13H2,1H3,(H2,22,29). The van der Waals surface area contributed by atoms with E-state index >= 15 is 0 Å². The molecule has 1 aliphatic heterocycles. The van der Waals surface area contributed by atoms with Crippen molar-refractivity contribution in [2.24, 2.45) is 11.7 Å². The first-order chi connectivity index (χ1) is 15.6. The Morgan fingerprint density at radius 2 is 1.84 bits per heavy atom. The van der Waals surface area contributed by atoms with Crippen LogP contribution in [0.1, 0.15) is 29.0 Å². The summed E-state index contributed by atoms with van der Waals surface area (Å²) in [5.74, 6) is 0.400. The molecule has 2 amide bonds. The lowest BCUT2D eigenvalue weighted by molar-refractivity contribution is -0.123. The number of nitrogens with two attached hydrogens (primary N) is 1. The molecule has 2 aromatic heterocycles. The van der Waals surface area contributed by atoms with Gasteiger partial charge >= 0.3 is 0 Å². The van der Waals surface area contributed by atoms with Crippen LogP contribution >= 0.6 is 11.8 Å². The van der Waals surface area contributed by atoms with Crippen LogP contribution in [0.3, 0.4) is 0 Å². The molecule has 2 N–H and O–H groups in total. The van der Waals surface area contributed by atoms with Gasteiger partial charge in [0.25, 0.3) is 5.91 Å². The highest BCUT2D eigenvalue weighted by atomic mass is 32.2. The molecule has 3 heterocycles. The number of rotatable bonds is 7. The zero-order chi connectivity index (χ0) is 22.5. The van der Waals surface area contributed by atoms with E-state index in [-0.39, 0.29) is 23.4 Å². The highest BCUT2D eigenvalue weighted by Gasteiger charge is 2.30. The predicted octanol–water partition coefficient (Wildman–Crippen LogP) is 1.70. The molecule has 32 heavy (non-hydrogen) atoms. The van der Waals surface area contributed by atoms with Gasteiger partial charge in [-0.15, -0.1) is 5.10 Å². The summed E-state index contributed by atoms with van der Waals surface area (Å²) in [7, 11) is 1.60. The Bertz CT molecular complexity index is 1080. The molecule has 1 saturated heterocycles. The van der Waals surface area contributed by atoms with Crippen molar-refractivity contribution >= 4 is 23.6 Å². The van der Waals surface area contributed by atoms with E-state index in [2.05, 4.69) is 20.3 Å². The highest BCUT2D eigenvalue weighted by Crippen LogP contribution is 2.26. The second kappa shape index (κ2) is 9.77. The molecule has 11 heteroatoms. The van der Waals surface area contributed by atoms with E-state index in [1.807, 2.05) is 24.3 Å². The summed E-state index contributed by atoms with van der Waals surface area (Å²) in [6.07, 6.45) is 4.44. The fourth-order valence-corrected chi connectivity index (χ4v) is 4.33. The highest BCUT2D eigenvalue weighted by molar-refractivity contribution is 7.98. The van der Waals surface area contributed by atoms with Crippen molar-refractivity contribution in [3.05, 3.63) is 54.1 Å². The fourth-order valence-electron chi connectivity index (χ4n) is 3.54. The van der Waals surface area contributed by atoms with Gasteiger partial charge in [0.1, 0.15) is 5.75 Å². The number of nitrogens with zero attached hydrogens (tertiary/aromatic N) is 6. The van der Waals surface area contributed by atoms with E-state index in [9.17, 15) is 9.59 Å². The second-order valence-corrected chi connectivity index (χ2v) is 8.23. The van der Waals surface area contributed by atoms with Crippen LogP contribution in [0.4, 0.5) is 0 Å². The van der Waals surface area contributed by atoms with Crippen molar-refractivity contribution in [2.45, 2.75) is 23.8 Å². The average Bonchev–Trinajstić information content (AvgIpc) is 3.27. The number of hydrogen-bond acceptors (Lipinski definition) is 8. The molecule has 166 valence electrons. The van der Waals surface area contributed by atoms with Gasteiger partial charge in [-0.05, 0) is 43.2 Å². The molecule has 0 radical (unpaired) electrons. The van der Waals surface area contributed by atoms with Crippen molar-refractivity contribution in [1.82, 2.24) is 29.9 Å². The molecule has 0 unspecified atom stereocenters. The third kappa shape index (κ3) is 4.72. The number of thioether (sulfide) groups is 1. The van der Waals surface area contributed by atoms with Gasteiger partial charge in [0.2, 0.25) is 5.91 Å². The van der Waals surface area contributed by atoms with Crippen LogP contribution in [0.25, 0.3) is 5.69 Å². The number of amides is 2. The largest absolute Gasteiger partial charge is 0.497 e. The van der Waals surface area contributed by atoms with Crippen LogP contribution in [0, 0.1) is 5.92 Å². The minimum atomic E-state index is -0.317. The van der Waals surface area contributed by atoms with E-state index in [1.165, 1.54) is 11.8 Å². The molecular formula is C21H23N7O3S. The van der Waals surface area contributed by atoms with Gasteiger partial charge in [0.15, 0.2) is 10.9 Å². The molecule has 3 aromatic rings. The number of hydrogen-bond donors (Lipinski definition) is 1. The van der Waals surface area contributed by atoms with Gasteiger partial charge in [-0.1, -0.05) is 17.0 Å². The molecule has 10 nitrogen and oxygen atoms in total. The molecule has 0 saturated carbocycles. The fraction of sp³-hybridized carbons (Fsp3) is 0.333. The SMILES string of the molecule is COc1ccc(-n2nnc(C(=O)N3CCC(C(N)=O)CC3)c2CSc2ncccn2)cc1. The maximum absolute atomic E-state index is 13.3. The number of piperidine rings is 1. The molecule has 1 fully saturated rings.